The maximum absolute atomic E-state index is 13.5. The molecule has 0 atom stereocenters. The number of aryl methyl sites for hydroxylation is 2. The van der Waals surface area contributed by atoms with Gasteiger partial charge in [0, 0.05) is 0 Å². The van der Waals surface area contributed by atoms with Gasteiger partial charge in [-0.05, 0) is 26.0 Å². The molecule has 0 aliphatic heterocycles. The average molecular weight is 253 g/mol. The summed E-state index contributed by atoms with van der Waals surface area (Å²) in [7, 11) is 0. The number of aromatic nitrogens is 1. The van der Waals surface area contributed by atoms with E-state index in [1.807, 2.05) is 0 Å². The average Bonchev–Trinajstić information content (AvgIpc) is 2.64. The number of nitrogens with one attached hydrogen (secondary N) is 1. The number of nitrogens with zero attached hydrogens (tertiary/aromatic N) is 1. The number of hydrogen-bond donors (Lipinski definition) is 2. The zero-order valence-corrected chi connectivity index (χ0v) is 10.1. The Balaban J connectivity index is 2.18. The number of rotatable bonds is 3. The lowest BCUT2D eigenvalue weighted by Gasteiger charge is -2.08. The van der Waals surface area contributed by atoms with Gasteiger partial charge in [0.2, 0.25) is 5.89 Å². The van der Waals surface area contributed by atoms with Crippen LogP contribution < -0.4 is 11.1 Å². The van der Waals surface area contributed by atoms with Crippen LogP contribution >= 0.6 is 0 Å². The monoisotopic (exact) mass is 253 g/mol. The van der Waals surface area contributed by atoms with E-state index < -0.39 is 11.6 Å². The molecule has 0 bridgehead atoms. The maximum atomic E-state index is 13.5. The normalized spacial score (nSPS) is 10.7. The molecule has 2 rings (SSSR count). The first-order valence-corrected chi connectivity index (χ1v) is 5.39. The van der Waals surface area contributed by atoms with Crippen LogP contribution in [0.3, 0.4) is 0 Å². The second-order valence-electron chi connectivity index (χ2n) is 3.93. The molecule has 0 saturated heterocycles. The van der Waals surface area contributed by atoms with Crippen molar-refractivity contribution in [2.45, 2.75) is 20.4 Å². The van der Waals surface area contributed by atoms with Gasteiger partial charge in [-0.3, -0.25) is 0 Å². The molecule has 4 nitrogen and oxygen atoms in total. The number of hydrogen-bond acceptors (Lipinski definition) is 4. The highest BCUT2D eigenvalue weighted by molar-refractivity contribution is 5.66. The van der Waals surface area contributed by atoms with Gasteiger partial charge in [0.25, 0.3) is 0 Å². The van der Waals surface area contributed by atoms with E-state index in [1.54, 1.807) is 13.8 Å². The number of halogens is 2. The third-order valence-corrected chi connectivity index (χ3v) is 2.62. The van der Waals surface area contributed by atoms with Crippen molar-refractivity contribution in [2.75, 3.05) is 11.1 Å². The lowest BCUT2D eigenvalue weighted by Crippen LogP contribution is -2.06. The number of benzene rings is 1. The fraction of sp³-hybridized carbons (Fsp3) is 0.250. The zero-order valence-electron chi connectivity index (χ0n) is 10.1. The molecule has 0 radical (unpaired) electrons. The maximum Gasteiger partial charge on any atom is 0.213 e. The van der Waals surface area contributed by atoms with Gasteiger partial charge in [0.1, 0.15) is 5.76 Å². The van der Waals surface area contributed by atoms with Crippen LogP contribution in [0.5, 0.6) is 0 Å². The van der Waals surface area contributed by atoms with Crippen LogP contribution in [0.15, 0.2) is 16.5 Å². The zero-order chi connectivity index (χ0) is 13.3. The van der Waals surface area contributed by atoms with E-state index in [4.69, 9.17) is 10.2 Å². The summed E-state index contributed by atoms with van der Waals surface area (Å²) in [6.07, 6.45) is 0. The highest BCUT2D eigenvalue weighted by Crippen LogP contribution is 2.25. The minimum atomic E-state index is -1.00. The third kappa shape index (κ3) is 2.27. The fourth-order valence-electron chi connectivity index (χ4n) is 1.52. The lowest BCUT2D eigenvalue weighted by atomic mass is 10.2. The van der Waals surface area contributed by atoms with Crippen LogP contribution in [-0.4, -0.2) is 4.98 Å². The van der Waals surface area contributed by atoms with E-state index in [9.17, 15) is 8.78 Å². The number of nitrogens with two attached hydrogens (primary N) is 1. The topological polar surface area (TPSA) is 64.1 Å². The Morgan fingerprint density at radius 3 is 2.67 bits per heavy atom. The molecule has 1 aromatic heterocycles. The molecule has 96 valence electrons. The van der Waals surface area contributed by atoms with Gasteiger partial charge in [-0.2, -0.15) is 0 Å². The molecule has 0 spiro atoms. The highest BCUT2D eigenvalue weighted by atomic mass is 19.2. The molecule has 18 heavy (non-hydrogen) atoms. The Kier molecular flexibility index (Phi) is 3.18. The lowest BCUT2D eigenvalue weighted by molar-refractivity contribution is 0.476. The minimum absolute atomic E-state index is 0.0801. The van der Waals surface area contributed by atoms with E-state index in [1.165, 1.54) is 6.07 Å². The van der Waals surface area contributed by atoms with Gasteiger partial charge in [-0.15, -0.1) is 0 Å². The fourth-order valence-corrected chi connectivity index (χ4v) is 1.52. The number of anilines is 2. The van der Waals surface area contributed by atoms with E-state index in [2.05, 4.69) is 10.3 Å². The van der Waals surface area contributed by atoms with Crippen molar-refractivity contribution in [2.24, 2.45) is 0 Å². The van der Waals surface area contributed by atoms with Crippen molar-refractivity contribution in [3.05, 3.63) is 41.1 Å². The molecule has 1 aromatic carbocycles. The third-order valence-electron chi connectivity index (χ3n) is 2.62. The van der Waals surface area contributed by atoms with Crippen LogP contribution in [0, 0.1) is 25.5 Å². The van der Waals surface area contributed by atoms with Gasteiger partial charge in [-0.1, -0.05) is 0 Å². The molecule has 2 aromatic rings. The van der Waals surface area contributed by atoms with Crippen molar-refractivity contribution in [3.8, 4) is 0 Å². The number of nitrogen functional groups attached to an aromatic ring is 1. The second-order valence-corrected chi connectivity index (χ2v) is 3.93. The van der Waals surface area contributed by atoms with Crippen LogP contribution in [0.1, 0.15) is 17.3 Å². The van der Waals surface area contributed by atoms with E-state index in [0.717, 1.165) is 11.8 Å². The summed E-state index contributed by atoms with van der Waals surface area (Å²) in [5.74, 6) is -0.867. The molecule has 0 amide bonds. The molecule has 6 heteroatoms. The van der Waals surface area contributed by atoms with E-state index in [0.29, 0.717) is 11.7 Å². The molecule has 1 heterocycles. The van der Waals surface area contributed by atoms with Crippen molar-refractivity contribution < 1.29 is 13.2 Å². The van der Waals surface area contributed by atoms with Crippen LogP contribution in [0.25, 0.3) is 0 Å². The summed E-state index contributed by atoms with van der Waals surface area (Å²) in [5, 5.41) is 2.68. The largest absolute Gasteiger partial charge is 0.444 e. The predicted molar refractivity (Wildman–Crippen MR) is 64.1 cm³/mol. The molecular weight excluding hydrogens is 240 g/mol. The number of oxazole rings is 1. The quantitative estimate of drug-likeness (QED) is 0.825. The smallest absolute Gasteiger partial charge is 0.213 e. The summed E-state index contributed by atoms with van der Waals surface area (Å²) in [5.41, 5.74) is 6.39. The Morgan fingerprint density at radius 2 is 2.06 bits per heavy atom. The van der Waals surface area contributed by atoms with Crippen molar-refractivity contribution in [1.82, 2.24) is 4.98 Å². The molecule has 0 aliphatic carbocycles. The summed E-state index contributed by atoms with van der Waals surface area (Å²) < 4.78 is 31.8. The minimum Gasteiger partial charge on any atom is -0.444 e. The second kappa shape index (κ2) is 4.64. The SMILES string of the molecule is Cc1nc(CNc2c(N)ccc(F)c2F)oc1C. The van der Waals surface area contributed by atoms with Gasteiger partial charge in [0.05, 0.1) is 23.6 Å². The van der Waals surface area contributed by atoms with Crippen LogP contribution in [-0.2, 0) is 6.54 Å². The predicted octanol–water partition coefficient (Wildman–Crippen LogP) is 2.76. The Morgan fingerprint density at radius 1 is 1.33 bits per heavy atom. The Labute approximate surface area is 103 Å². The van der Waals surface area contributed by atoms with E-state index in [-0.39, 0.29) is 17.9 Å². The highest BCUT2D eigenvalue weighted by Gasteiger charge is 2.13. The standard InChI is InChI=1S/C12H13F2N3O/c1-6-7(2)18-10(17-6)5-16-12-9(15)4-3-8(13)11(12)14/h3-4,16H,5,15H2,1-2H3. The van der Waals surface area contributed by atoms with Gasteiger partial charge in [0.15, 0.2) is 11.6 Å². The molecule has 3 N–H and O–H groups in total. The molecule has 0 saturated carbocycles. The first-order chi connectivity index (χ1) is 8.49. The van der Waals surface area contributed by atoms with Crippen molar-refractivity contribution in [1.29, 1.82) is 0 Å². The van der Waals surface area contributed by atoms with Crippen LogP contribution in [0.2, 0.25) is 0 Å². The molecule has 0 fully saturated rings. The first-order valence-electron chi connectivity index (χ1n) is 5.39. The Bertz CT molecular complexity index is 561. The molecular formula is C12H13F2N3O. The van der Waals surface area contributed by atoms with Gasteiger partial charge >= 0.3 is 0 Å². The van der Waals surface area contributed by atoms with Crippen molar-refractivity contribution >= 4 is 11.4 Å². The summed E-state index contributed by atoms with van der Waals surface area (Å²) >= 11 is 0. The first kappa shape index (κ1) is 12.3. The van der Waals surface area contributed by atoms with Gasteiger partial charge in [-0.25, -0.2) is 13.8 Å². The molecule has 0 aliphatic rings. The van der Waals surface area contributed by atoms with E-state index >= 15 is 0 Å². The van der Waals surface area contributed by atoms with Crippen molar-refractivity contribution in [3.63, 3.8) is 0 Å². The summed E-state index contributed by atoms with van der Waals surface area (Å²) in [6, 6.07) is 2.28. The summed E-state index contributed by atoms with van der Waals surface area (Å²) in [6.45, 7) is 3.72. The molecule has 0 unspecified atom stereocenters. The van der Waals surface area contributed by atoms with Gasteiger partial charge < -0.3 is 15.5 Å². The Hall–Kier alpha value is -2.11. The summed E-state index contributed by atoms with van der Waals surface area (Å²) in [4.78, 5) is 4.12. The van der Waals surface area contributed by atoms with Crippen LogP contribution in [0.4, 0.5) is 20.2 Å².